The van der Waals surface area contributed by atoms with Gasteiger partial charge in [0.25, 0.3) is 5.91 Å². The summed E-state index contributed by atoms with van der Waals surface area (Å²) in [6, 6.07) is 1.70. The molecule has 1 aliphatic heterocycles. The van der Waals surface area contributed by atoms with Gasteiger partial charge >= 0.3 is 0 Å². The van der Waals surface area contributed by atoms with Crippen molar-refractivity contribution in [3.8, 4) is 0 Å². The summed E-state index contributed by atoms with van der Waals surface area (Å²) in [7, 11) is -1.26. The van der Waals surface area contributed by atoms with Crippen LogP contribution in [0.4, 0.5) is 0 Å². The molecule has 0 saturated carbocycles. The minimum atomic E-state index is -2.95. The normalized spacial score (nSPS) is 22.1. The number of hydrogen-bond acceptors (Lipinski definition) is 4. The van der Waals surface area contributed by atoms with Crippen LogP contribution < -0.4 is 0 Å². The second kappa shape index (κ2) is 4.66. The molecule has 0 aromatic carbocycles. The van der Waals surface area contributed by atoms with Gasteiger partial charge in [0.05, 0.1) is 17.1 Å². The fourth-order valence-electron chi connectivity index (χ4n) is 2.28. The van der Waals surface area contributed by atoms with Crippen LogP contribution in [0.15, 0.2) is 6.07 Å². The molecule has 0 radical (unpaired) electrons. The van der Waals surface area contributed by atoms with Crippen LogP contribution >= 0.6 is 11.3 Å². The van der Waals surface area contributed by atoms with Crippen molar-refractivity contribution in [2.75, 3.05) is 18.6 Å². The SMILES string of the molecule is Cc1cc(C(=O)N(C)C2CCS(=O)(=O)C2)c(C)s1. The van der Waals surface area contributed by atoms with Crippen LogP contribution in [-0.4, -0.2) is 43.8 Å². The number of hydrogen-bond donors (Lipinski definition) is 0. The van der Waals surface area contributed by atoms with E-state index in [2.05, 4.69) is 0 Å². The number of nitrogens with zero attached hydrogens (tertiary/aromatic N) is 1. The summed E-state index contributed by atoms with van der Waals surface area (Å²) in [5.74, 6) is 0.216. The van der Waals surface area contributed by atoms with Crippen molar-refractivity contribution in [2.24, 2.45) is 0 Å². The van der Waals surface area contributed by atoms with Crippen molar-refractivity contribution < 1.29 is 13.2 Å². The van der Waals surface area contributed by atoms with Crippen molar-refractivity contribution >= 4 is 27.1 Å². The molecule has 2 rings (SSSR count). The Labute approximate surface area is 112 Å². The van der Waals surface area contributed by atoms with E-state index in [4.69, 9.17) is 0 Å². The van der Waals surface area contributed by atoms with Gasteiger partial charge in [0.1, 0.15) is 0 Å². The average Bonchev–Trinajstić information content (AvgIpc) is 2.79. The molecule has 0 aliphatic carbocycles. The standard InChI is InChI=1S/C12H17NO3S2/c1-8-6-11(9(2)17-8)12(14)13(3)10-4-5-18(15,16)7-10/h6,10H,4-5,7H2,1-3H3. The second-order valence-corrected chi connectivity index (χ2v) is 8.49. The molecular weight excluding hydrogens is 270 g/mol. The van der Waals surface area contributed by atoms with Crippen LogP contribution in [-0.2, 0) is 9.84 Å². The molecule has 1 amide bonds. The van der Waals surface area contributed by atoms with Crippen molar-refractivity contribution in [1.82, 2.24) is 4.90 Å². The highest BCUT2D eigenvalue weighted by molar-refractivity contribution is 7.91. The highest BCUT2D eigenvalue weighted by Gasteiger charge is 2.33. The lowest BCUT2D eigenvalue weighted by Gasteiger charge is -2.23. The highest BCUT2D eigenvalue weighted by Crippen LogP contribution is 2.24. The largest absolute Gasteiger partial charge is 0.338 e. The number of thiophene rings is 1. The maximum atomic E-state index is 12.3. The molecule has 1 aliphatic rings. The molecular formula is C12H17NO3S2. The molecule has 0 N–H and O–H groups in total. The van der Waals surface area contributed by atoms with E-state index in [1.165, 1.54) is 0 Å². The Morgan fingerprint density at radius 2 is 2.11 bits per heavy atom. The Morgan fingerprint density at radius 1 is 1.44 bits per heavy atom. The summed E-state index contributed by atoms with van der Waals surface area (Å²) in [4.78, 5) is 16.0. The molecule has 0 bridgehead atoms. The highest BCUT2D eigenvalue weighted by atomic mass is 32.2. The number of sulfone groups is 1. The van der Waals surface area contributed by atoms with Gasteiger partial charge in [-0.3, -0.25) is 4.79 Å². The van der Waals surface area contributed by atoms with Gasteiger partial charge < -0.3 is 4.90 Å². The predicted molar refractivity (Wildman–Crippen MR) is 72.9 cm³/mol. The molecule has 2 heterocycles. The molecule has 18 heavy (non-hydrogen) atoms. The third-order valence-corrected chi connectivity index (χ3v) is 6.06. The van der Waals surface area contributed by atoms with Gasteiger partial charge in [0.15, 0.2) is 9.84 Å². The molecule has 1 unspecified atom stereocenters. The molecule has 1 atom stereocenters. The van der Waals surface area contributed by atoms with E-state index in [1.807, 2.05) is 19.9 Å². The molecule has 1 aromatic rings. The summed E-state index contributed by atoms with van der Waals surface area (Å²) >= 11 is 1.59. The molecule has 1 aromatic heterocycles. The lowest BCUT2D eigenvalue weighted by atomic mass is 10.1. The minimum Gasteiger partial charge on any atom is -0.338 e. The number of rotatable bonds is 2. The fourth-order valence-corrected chi connectivity index (χ4v) is 4.97. The lowest BCUT2D eigenvalue weighted by Crippen LogP contribution is -2.37. The van der Waals surface area contributed by atoms with Crippen LogP contribution in [0.2, 0.25) is 0 Å². The van der Waals surface area contributed by atoms with Crippen LogP contribution in [0.5, 0.6) is 0 Å². The van der Waals surface area contributed by atoms with Crippen molar-refractivity contribution in [2.45, 2.75) is 26.3 Å². The zero-order chi connectivity index (χ0) is 13.5. The van der Waals surface area contributed by atoms with Gasteiger partial charge in [-0.25, -0.2) is 8.42 Å². The topological polar surface area (TPSA) is 54.5 Å². The Morgan fingerprint density at radius 3 is 2.56 bits per heavy atom. The Balaban J connectivity index is 2.17. The first-order valence-electron chi connectivity index (χ1n) is 5.85. The number of aryl methyl sites for hydroxylation is 2. The molecule has 6 heteroatoms. The zero-order valence-electron chi connectivity index (χ0n) is 10.8. The maximum Gasteiger partial charge on any atom is 0.255 e. The number of carbonyl (C=O) groups is 1. The van der Waals surface area contributed by atoms with Gasteiger partial charge in [-0.2, -0.15) is 0 Å². The minimum absolute atomic E-state index is 0.0704. The molecule has 1 fully saturated rings. The molecule has 100 valence electrons. The molecule has 4 nitrogen and oxygen atoms in total. The Bertz CT molecular complexity index is 574. The first-order chi connectivity index (χ1) is 8.30. The second-order valence-electron chi connectivity index (χ2n) is 4.80. The third kappa shape index (κ3) is 2.59. The van der Waals surface area contributed by atoms with E-state index in [-0.39, 0.29) is 23.5 Å². The summed E-state index contributed by atoms with van der Waals surface area (Å²) < 4.78 is 22.9. The van der Waals surface area contributed by atoms with Gasteiger partial charge in [0.2, 0.25) is 0 Å². The van der Waals surface area contributed by atoms with Gasteiger partial charge in [0, 0.05) is 22.8 Å². The summed E-state index contributed by atoms with van der Waals surface area (Å²) in [5.41, 5.74) is 0.698. The van der Waals surface area contributed by atoms with Crippen LogP contribution in [0.1, 0.15) is 26.5 Å². The average molecular weight is 287 g/mol. The van der Waals surface area contributed by atoms with Gasteiger partial charge in [-0.05, 0) is 26.3 Å². The van der Waals surface area contributed by atoms with E-state index in [0.29, 0.717) is 12.0 Å². The van der Waals surface area contributed by atoms with Crippen LogP contribution in [0.25, 0.3) is 0 Å². The fraction of sp³-hybridized carbons (Fsp3) is 0.583. The van der Waals surface area contributed by atoms with Gasteiger partial charge in [-0.15, -0.1) is 11.3 Å². The number of carbonyl (C=O) groups excluding carboxylic acids is 1. The van der Waals surface area contributed by atoms with Crippen molar-refractivity contribution in [3.63, 3.8) is 0 Å². The van der Waals surface area contributed by atoms with E-state index >= 15 is 0 Å². The summed E-state index contributed by atoms with van der Waals surface area (Å²) in [6.07, 6.45) is 0.548. The molecule has 1 saturated heterocycles. The third-order valence-electron chi connectivity index (χ3n) is 3.35. The van der Waals surface area contributed by atoms with E-state index in [0.717, 1.165) is 9.75 Å². The monoisotopic (exact) mass is 287 g/mol. The van der Waals surface area contributed by atoms with Crippen LogP contribution in [0.3, 0.4) is 0 Å². The Hall–Kier alpha value is -0.880. The number of amides is 1. The first-order valence-corrected chi connectivity index (χ1v) is 8.48. The molecule has 0 spiro atoms. The van der Waals surface area contributed by atoms with Crippen LogP contribution in [0, 0.1) is 13.8 Å². The zero-order valence-corrected chi connectivity index (χ0v) is 12.4. The maximum absolute atomic E-state index is 12.3. The smallest absolute Gasteiger partial charge is 0.255 e. The summed E-state index contributed by atoms with van der Waals surface area (Å²) in [6.45, 7) is 3.89. The Kier molecular flexibility index (Phi) is 3.51. The predicted octanol–water partition coefficient (Wildman–Crippen LogP) is 1.62. The first kappa shape index (κ1) is 13.5. The lowest BCUT2D eigenvalue weighted by molar-refractivity contribution is 0.0747. The van der Waals surface area contributed by atoms with E-state index < -0.39 is 9.84 Å². The van der Waals surface area contributed by atoms with Crippen molar-refractivity contribution in [1.29, 1.82) is 0 Å². The quantitative estimate of drug-likeness (QED) is 0.830. The summed E-state index contributed by atoms with van der Waals surface area (Å²) in [5, 5.41) is 0. The van der Waals surface area contributed by atoms with Crippen molar-refractivity contribution in [3.05, 3.63) is 21.4 Å². The van der Waals surface area contributed by atoms with E-state index in [9.17, 15) is 13.2 Å². The van der Waals surface area contributed by atoms with Gasteiger partial charge in [-0.1, -0.05) is 0 Å². The van der Waals surface area contributed by atoms with E-state index in [1.54, 1.807) is 23.3 Å².